The Balaban J connectivity index is 2.01. The summed E-state index contributed by atoms with van der Waals surface area (Å²) in [4.78, 5) is 18.5. The number of rotatable bonds is 5. The molecule has 2 rings (SSSR count). The first-order valence-corrected chi connectivity index (χ1v) is 7.13. The van der Waals surface area contributed by atoms with Gasteiger partial charge in [-0.25, -0.2) is 0 Å². The summed E-state index contributed by atoms with van der Waals surface area (Å²) in [6, 6.07) is 5.72. The van der Waals surface area contributed by atoms with Gasteiger partial charge in [-0.1, -0.05) is 18.1 Å². The van der Waals surface area contributed by atoms with Gasteiger partial charge in [0.15, 0.2) is 5.84 Å². The molecule has 1 fully saturated rings. The molecule has 1 amide bonds. The van der Waals surface area contributed by atoms with E-state index in [1.54, 1.807) is 18.1 Å². The zero-order valence-corrected chi connectivity index (χ0v) is 12.5. The number of pyridine rings is 1. The number of hydrogen-bond acceptors (Lipinski definition) is 4. The van der Waals surface area contributed by atoms with Gasteiger partial charge in [-0.15, -0.1) is 0 Å². The standard InChI is InChI=1S/C15H22N4O2/c1-11-9-15(10-11,13(16)18-21)14(20)19(2)8-6-12-5-3-4-7-17-12/h3-5,7,11,21H,6,8-10H2,1-2H3,(H2,16,18). The van der Waals surface area contributed by atoms with Gasteiger partial charge in [-0.2, -0.15) is 0 Å². The number of likely N-dealkylation sites (N-methyl/N-ethyl adjacent to an activating group) is 1. The first-order valence-electron chi connectivity index (χ1n) is 7.13. The lowest BCUT2D eigenvalue weighted by Gasteiger charge is -2.45. The minimum absolute atomic E-state index is 0.0234. The molecule has 0 aromatic carbocycles. The molecule has 1 aromatic heterocycles. The van der Waals surface area contributed by atoms with Crippen LogP contribution in [-0.4, -0.2) is 40.4 Å². The summed E-state index contributed by atoms with van der Waals surface area (Å²) >= 11 is 0. The van der Waals surface area contributed by atoms with Crippen LogP contribution in [0, 0.1) is 11.3 Å². The van der Waals surface area contributed by atoms with Crippen molar-refractivity contribution >= 4 is 11.7 Å². The second kappa shape index (κ2) is 6.11. The maximum atomic E-state index is 12.6. The summed E-state index contributed by atoms with van der Waals surface area (Å²) in [6.07, 6.45) is 3.69. The van der Waals surface area contributed by atoms with Gasteiger partial charge in [0.05, 0.1) is 0 Å². The zero-order valence-electron chi connectivity index (χ0n) is 12.5. The van der Waals surface area contributed by atoms with Gasteiger partial charge in [0, 0.05) is 31.9 Å². The zero-order chi connectivity index (χ0) is 15.5. The molecule has 1 saturated carbocycles. The van der Waals surface area contributed by atoms with Crippen LogP contribution in [0.3, 0.4) is 0 Å². The SMILES string of the molecule is CC1CC(C(=O)N(C)CCc2ccccn2)(/C(N)=N/O)C1. The molecular weight excluding hydrogens is 268 g/mol. The first kappa shape index (κ1) is 15.3. The van der Waals surface area contributed by atoms with Gasteiger partial charge < -0.3 is 15.8 Å². The highest BCUT2D eigenvalue weighted by molar-refractivity contribution is 6.07. The molecule has 0 saturated heterocycles. The van der Waals surface area contributed by atoms with Crippen molar-refractivity contribution in [2.75, 3.05) is 13.6 Å². The van der Waals surface area contributed by atoms with E-state index < -0.39 is 5.41 Å². The minimum atomic E-state index is -0.826. The number of carbonyl (C=O) groups excluding carboxylic acids is 1. The number of hydrogen-bond donors (Lipinski definition) is 2. The van der Waals surface area contributed by atoms with Gasteiger partial charge in [-0.05, 0) is 30.9 Å². The molecule has 1 aliphatic rings. The number of nitrogens with two attached hydrogens (primary N) is 1. The Morgan fingerprint density at radius 2 is 2.29 bits per heavy atom. The van der Waals surface area contributed by atoms with Crippen LogP contribution < -0.4 is 5.73 Å². The molecule has 0 atom stereocenters. The van der Waals surface area contributed by atoms with Crippen molar-refractivity contribution < 1.29 is 10.0 Å². The van der Waals surface area contributed by atoms with Crippen molar-refractivity contribution in [1.29, 1.82) is 0 Å². The summed E-state index contributed by atoms with van der Waals surface area (Å²) in [5.74, 6) is 0.362. The van der Waals surface area contributed by atoms with Gasteiger partial charge in [0.2, 0.25) is 5.91 Å². The Kier molecular flexibility index (Phi) is 4.45. The average molecular weight is 290 g/mol. The fourth-order valence-electron chi connectivity index (χ4n) is 3.01. The van der Waals surface area contributed by atoms with Crippen LogP contribution in [0.5, 0.6) is 0 Å². The largest absolute Gasteiger partial charge is 0.409 e. The number of carbonyl (C=O) groups is 1. The highest BCUT2D eigenvalue weighted by atomic mass is 16.4. The predicted molar refractivity (Wildman–Crippen MR) is 79.8 cm³/mol. The monoisotopic (exact) mass is 290 g/mol. The molecule has 0 radical (unpaired) electrons. The molecule has 0 spiro atoms. The third kappa shape index (κ3) is 2.99. The Bertz CT molecular complexity index is 524. The van der Waals surface area contributed by atoms with Crippen molar-refractivity contribution in [2.24, 2.45) is 22.2 Å². The molecule has 1 aliphatic carbocycles. The normalized spacial score (nSPS) is 25.2. The first-order chi connectivity index (χ1) is 9.99. The maximum Gasteiger partial charge on any atom is 0.236 e. The summed E-state index contributed by atoms with van der Waals surface area (Å²) < 4.78 is 0. The van der Waals surface area contributed by atoms with Gasteiger partial charge >= 0.3 is 0 Å². The number of amidine groups is 1. The van der Waals surface area contributed by atoms with Crippen molar-refractivity contribution in [3.8, 4) is 0 Å². The van der Waals surface area contributed by atoms with E-state index in [1.165, 1.54) is 0 Å². The molecule has 0 aliphatic heterocycles. The lowest BCUT2D eigenvalue weighted by Crippen LogP contribution is -2.57. The molecular formula is C15H22N4O2. The number of aromatic nitrogens is 1. The van der Waals surface area contributed by atoms with E-state index in [0.29, 0.717) is 31.7 Å². The minimum Gasteiger partial charge on any atom is -0.409 e. The Hall–Kier alpha value is -2.11. The number of oxime groups is 1. The molecule has 6 nitrogen and oxygen atoms in total. The molecule has 1 aromatic rings. The fraction of sp³-hybridized carbons (Fsp3) is 0.533. The third-order valence-electron chi connectivity index (χ3n) is 4.18. The summed E-state index contributed by atoms with van der Waals surface area (Å²) in [6.45, 7) is 2.62. The highest BCUT2D eigenvalue weighted by Crippen LogP contribution is 2.46. The van der Waals surface area contributed by atoms with Crippen molar-refractivity contribution in [3.05, 3.63) is 30.1 Å². The van der Waals surface area contributed by atoms with E-state index in [-0.39, 0.29) is 11.7 Å². The van der Waals surface area contributed by atoms with Crippen molar-refractivity contribution in [1.82, 2.24) is 9.88 Å². The molecule has 0 unspecified atom stereocenters. The van der Waals surface area contributed by atoms with E-state index in [0.717, 1.165) is 5.69 Å². The van der Waals surface area contributed by atoms with Gasteiger partial charge in [-0.3, -0.25) is 9.78 Å². The number of nitrogens with zero attached hydrogens (tertiary/aromatic N) is 3. The Morgan fingerprint density at radius 1 is 1.57 bits per heavy atom. The third-order valence-corrected chi connectivity index (χ3v) is 4.18. The number of amides is 1. The van der Waals surface area contributed by atoms with E-state index in [9.17, 15) is 4.79 Å². The maximum absolute atomic E-state index is 12.6. The van der Waals surface area contributed by atoms with Crippen molar-refractivity contribution in [3.63, 3.8) is 0 Å². The Morgan fingerprint density at radius 3 is 2.81 bits per heavy atom. The molecule has 21 heavy (non-hydrogen) atoms. The van der Waals surface area contributed by atoms with Crippen LogP contribution in [0.15, 0.2) is 29.6 Å². The topological polar surface area (TPSA) is 91.8 Å². The van der Waals surface area contributed by atoms with E-state index in [1.807, 2.05) is 18.2 Å². The molecule has 3 N–H and O–H groups in total. The molecule has 0 bridgehead atoms. The lowest BCUT2D eigenvalue weighted by atomic mass is 9.61. The quantitative estimate of drug-likeness (QED) is 0.369. The summed E-state index contributed by atoms with van der Waals surface area (Å²) in [7, 11) is 1.75. The van der Waals surface area contributed by atoms with Crippen LogP contribution in [-0.2, 0) is 11.2 Å². The second-order valence-corrected chi connectivity index (χ2v) is 5.88. The van der Waals surface area contributed by atoms with Crippen LogP contribution in [0.4, 0.5) is 0 Å². The van der Waals surface area contributed by atoms with Gasteiger partial charge in [0.25, 0.3) is 0 Å². The van der Waals surface area contributed by atoms with Crippen LogP contribution in [0.25, 0.3) is 0 Å². The van der Waals surface area contributed by atoms with Crippen LogP contribution in [0.1, 0.15) is 25.5 Å². The van der Waals surface area contributed by atoms with Crippen LogP contribution in [0.2, 0.25) is 0 Å². The fourth-order valence-corrected chi connectivity index (χ4v) is 3.01. The van der Waals surface area contributed by atoms with Crippen LogP contribution >= 0.6 is 0 Å². The van der Waals surface area contributed by atoms with E-state index >= 15 is 0 Å². The van der Waals surface area contributed by atoms with E-state index in [2.05, 4.69) is 17.1 Å². The summed E-state index contributed by atoms with van der Waals surface area (Å²) in [5, 5.41) is 12.0. The predicted octanol–water partition coefficient (Wildman–Crippen LogP) is 1.25. The van der Waals surface area contributed by atoms with Gasteiger partial charge in [0.1, 0.15) is 5.41 Å². The lowest BCUT2D eigenvalue weighted by molar-refractivity contribution is -0.143. The highest BCUT2D eigenvalue weighted by Gasteiger charge is 2.53. The molecule has 1 heterocycles. The molecule has 114 valence electrons. The van der Waals surface area contributed by atoms with Crippen molar-refractivity contribution in [2.45, 2.75) is 26.2 Å². The average Bonchev–Trinajstić information content (AvgIpc) is 2.48. The second-order valence-electron chi connectivity index (χ2n) is 5.88. The van der Waals surface area contributed by atoms with E-state index in [4.69, 9.17) is 10.9 Å². The summed E-state index contributed by atoms with van der Waals surface area (Å²) in [5.41, 5.74) is 5.88. The molecule has 6 heteroatoms. The Labute approximate surface area is 124 Å². The smallest absolute Gasteiger partial charge is 0.236 e.